The number of esters is 1. The molecule has 4 nitrogen and oxygen atoms in total. The molecule has 5 atom stereocenters. The van der Waals surface area contributed by atoms with E-state index in [2.05, 4.69) is 24.0 Å². The molecule has 4 rings (SSSR count). The first kappa shape index (κ1) is 15.5. The highest BCUT2D eigenvalue weighted by molar-refractivity contribution is 5.77. The van der Waals surface area contributed by atoms with Crippen LogP contribution in [0.5, 0.6) is 0 Å². The first-order valence-corrected chi connectivity index (χ1v) is 8.30. The van der Waals surface area contributed by atoms with E-state index < -0.39 is 0 Å². The summed E-state index contributed by atoms with van der Waals surface area (Å²) in [6, 6.07) is 10.4. The molecule has 1 aromatic rings. The van der Waals surface area contributed by atoms with Crippen LogP contribution in [-0.4, -0.2) is 40.8 Å². The Hall–Kier alpha value is -1.39. The highest BCUT2D eigenvalue weighted by Crippen LogP contribution is 2.44. The van der Waals surface area contributed by atoms with Crippen molar-refractivity contribution >= 4 is 5.97 Å². The molecule has 1 aromatic carbocycles. The maximum atomic E-state index is 12.5. The summed E-state index contributed by atoms with van der Waals surface area (Å²) in [6.07, 6.45) is 2.34. The molecule has 2 saturated heterocycles. The minimum atomic E-state index is -0.382. The second kappa shape index (κ2) is 6.39. The molecule has 0 radical (unpaired) electrons. The molecule has 4 heteroatoms. The second-order valence-corrected chi connectivity index (χ2v) is 6.43. The Balaban J connectivity index is 1.91. The lowest BCUT2D eigenvalue weighted by Crippen LogP contribution is -2.63. The van der Waals surface area contributed by atoms with Gasteiger partial charge in [-0.2, -0.15) is 0 Å². The van der Waals surface area contributed by atoms with Gasteiger partial charge in [0.05, 0.1) is 12.7 Å². The Labute approximate surface area is 132 Å². The largest absolute Gasteiger partial charge is 0.465 e. The molecule has 1 N–H and O–H groups in total. The topological polar surface area (TPSA) is 49.8 Å². The number of rotatable bonds is 4. The van der Waals surface area contributed by atoms with Crippen LogP contribution >= 0.6 is 0 Å². The van der Waals surface area contributed by atoms with Crippen LogP contribution in [0.3, 0.4) is 0 Å². The predicted octanol–water partition coefficient (Wildman–Crippen LogP) is 2.52. The maximum Gasteiger partial charge on any atom is 0.323 e. The zero-order valence-electron chi connectivity index (χ0n) is 13.3. The van der Waals surface area contributed by atoms with Crippen molar-refractivity contribution in [2.24, 2.45) is 5.92 Å². The van der Waals surface area contributed by atoms with Crippen molar-refractivity contribution in [1.29, 1.82) is 0 Å². The van der Waals surface area contributed by atoms with Gasteiger partial charge in [-0.25, -0.2) is 0 Å². The Morgan fingerprint density at radius 2 is 2.09 bits per heavy atom. The molecule has 1 unspecified atom stereocenters. The number of nitrogens with zero attached hydrogens (tertiary/aromatic N) is 1. The number of carbonyl (C=O) groups excluding carboxylic acids is 1. The van der Waals surface area contributed by atoms with Gasteiger partial charge < -0.3 is 9.84 Å². The van der Waals surface area contributed by atoms with Crippen molar-refractivity contribution in [2.75, 3.05) is 6.61 Å². The van der Waals surface area contributed by atoms with Gasteiger partial charge in [-0.1, -0.05) is 30.3 Å². The number of fused-ring (bicyclic) bond motifs is 3. The number of hydrogen-bond acceptors (Lipinski definition) is 4. The molecular formula is C18H25NO3. The van der Waals surface area contributed by atoms with Crippen molar-refractivity contribution in [3.05, 3.63) is 35.9 Å². The standard InChI is InChI=1S/C18H25NO3/c1-3-22-18(21)17-15-10-9-14(11-16(15)20)19(17)12(2)13-7-5-4-6-8-13/h4-8,12,14-17,20H,3,9-11H2,1-2H3/t12-,14?,15-,16-,17+/m1/s1. The van der Waals surface area contributed by atoms with Gasteiger partial charge >= 0.3 is 5.97 Å². The van der Waals surface area contributed by atoms with Gasteiger partial charge in [0.1, 0.15) is 6.04 Å². The van der Waals surface area contributed by atoms with Crippen molar-refractivity contribution in [3.63, 3.8) is 0 Å². The zero-order valence-corrected chi connectivity index (χ0v) is 13.3. The van der Waals surface area contributed by atoms with Crippen molar-refractivity contribution < 1.29 is 14.6 Å². The third-order valence-electron chi connectivity index (χ3n) is 5.25. The first-order valence-electron chi connectivity index (χ1n) is 8.30. The summed E-state index contributed by atoms with van der Waals surface area (Å²) in [7, 11) is 0. The normalized spacial score (nSPS) is 32.7. The van der Waals surface area contributed by atoms with Gasteiger partial charge in [0.25, 0.3) is 0 Å². The van der Waals surface area contributed by atoms with Crippen molar-refractivity contribution in [3.8, 4) is 0 Å². The summed E-state index contributed by atoms with van der Waals surface area (Å²) in [6.45, 7) is 4.37. The highest BCUT2D eigenvalue weighted by Gasteiger charge is 2.51. The monoisotopic (exact) mass is 303 g/mol. The van der Waals surface area contributed by atoms with E-state index in [4.69, 9.17) is 4.74 Å². The summed E-state index contributed by atoms with van der Waals surface area (Å²) in [5.41, 5.74) is 1.21. The van der Waals surface area contributed by atoms with E-state index in [9.17, 15) is 9.90 Å². The van der Waals surface area contributed by atoms with Gasteiger partial charge in [0, 0.05) is 18.0 Å². The Morgan fingerprint density at radius 1 is 1.36 bits per heavy atom. The number of aliphatic hydroxyl groups is 1. The van der Waals surface area contributed by atoms with Crippen LogP contribution in [0.25, 0.3) is 0 Å². The predicted molar refractivity (Wildman–Crippen MR) is 84.3 cm³/mol. The molecule has 1 aliphatic carbocycles. The van der Waals surface area contributed by atoms with E-state index in [1.165, 1.54) is 5.56 Å². The SMILES string of the molecule is CCOC(=O)[C@@H]1[C@@H]2CCC(C[C@H]2O)N1[C@H](C)c1ccccc1. The molecular weight excluding hydrogens is 278 g/mol. The number of hydrogen-bond donors (Lipinski definition) is 1. The van der Waals surface area contributed by atoms with E-state index in [1.807, 2.05) is 25.1 Å². The molecule has 0 aromatic heterocycles. The van der Waals surface area contributed by atoms with E-state index in [0.717, 1.165) is 19.3 Å². The lowest BCUT2D eigenvalue weighted by molar-refractivity contribution is -0.171. The van der Waals surface area contributed by atoms with Crippen LogP contribution in [0.1, 0.15) is 44.7 Å². The lowest BCUT2D eigenvalue weighted by atomic mass is 9.71. The minimum Gasteiger partial charge on any atom is -0.465 e. The molecule has 2 bridgehead atoms. The summed E-state index contributed by atoms with van der Waals surface area (Å²) in [5, 5.41) is 10.3. The second-order valence-electron chi connectivity index (χ2n) is 6.43. The highest BCUT2D eigenvalue weighted by atomic mass is 16.5. The van der Waals surface area contributed by atoms with Crippen LogP contribution in [-0.2, 0) is 9.53 Å². The smallest absolute Gasteiger partial charge is 0.323 e. The molecule has 2 aliphatic heterocycles. The summed E-state index contributed by atoms with van der Waals surface area (Å²) < 4.78 is 5.31. The van der Waals surface area contributed by atoms with Crippen LogP contribution in [0.15, 0.2) is 30.3 Å². The number of benzene rings is 1. The molecule has 3 aliphatic rings. The number of aliphatic hydroxyl groups excluding tert-OH is 1. The van der Waals surface area contributed by atoms with Gasteiger partial charge in [-0.3, -0.25) is 9.69 Å². The third kappa shape index (κ3) is 2.66. The fourth-order valence-corrected chi connectivity index (χ4v) is 4.22. The first-order chi connectivity index (χ1) is 10.6. The molecule has 22 heavy (non-hydrogen) atoms. The molecule has 1 saturated carbocycles. The van der Waals surface area contributed by atoms with Crippen LogP contribution in [0.4, 0.5) is 0 Å². The molecule has 0 spiro atoms. The quantitative estimate of drug-likeness (QED) is 0.868. The number of piperidine rings is 2. The minimum absolute atomic E-state index is 0.00443. The third-order valence-corrected chi connectivity index (χ3v) is 5.25. The molecule has 0 amide bonds. The molecule has 120 valence electrons. The fraction of sp³-hybridized carbons (Fsp3) is 0.611. The Kier molecular flexibility index (Phi) is 4.50. The Bertz CT molecular complexity index is 518. The summed E-state index contributed by atoms with van der Waals surface area (Å²) >= 11 is 0. The summed E-state index contributed by atoms with van der Waals surface area (Å²) in [4.78, 5) is 14.8. The molecule has 3 fully saturated rings. The van der Waals surface area contributed by atoms with E-state index in [-0.39, 0.29) is 36.1 Å². The van der Waals surface area contributed by atoms with Crippen LogP contribution in [0, 0.1) is 5.92 Å². The Morgan fingerprint density at radius 3 is 2.73 bits per heavy atom. The van der Waals surface area contributed by atoms with Gasteiger partial charge in [-0.15, -0.1) is 0 Å². The summed E-state index contributed by atoms with van der Waals surface area (Å²) in [5.74, 6) is -0.186. The van der Waals surface area contributed by atoms with Gasteiger partial charge in [-0.05, 0) is 38.7 Å². The lowest BCUT2D eigenvalue weighted by Gasteiger charge is -2.54. The average molecular weight is 303 g/mol. The maximum absolute atomic E-state index is 12.5. The average Bonchev–Trinajstić information content (AvgIpc) is 2.55. The van der Waals surface area contributed by atoms with Gasteiger partial charge in [0.15, 0.2) is 0 Å². The van der Waals surface area contributed by atoms with Crippen molar-refractivity contribution in [2.45, 2.75) is 57.3 Å². The van der Waals surface area contributed by atoms with E-state index >= 15 is 0 Å². The van der Waals surface area contributed by atoms with E-state index in [0.29, 0.717) is 6.61 Å². The van der Waals surface area contributed by atoms with Crippen molar-refractivity contribution in [1.82, 2.24) is 4.90 Å². The van der Waals surface area contributed by atoms with E-state index in [1.54, 1.807) is 0 Å². The number of carbonyl (C=O) groups is 1. The fourth-order valence-electron chi connectivity index (χ4n) is 4.22. The zero-order chi connectivity index (χ0) is 15.7. The van der Waals surface area contributed by atoms with Crippen LogP contribution in [0.2, 0.25) is 0 Å². The number of ether oxygens (including phenoxy) is 1. The van der Waals surface area contributed by atoms with Crippen LogP contribution < -0.4 is 0 Å². The van der Waals surface area contributed by atoms with Gasteiger partial charge in [0.2, 0.25) is 0 Å². The molecule has 2 heterocycles.